The Balaban J connectivity index is 1.87. The van der Waals surface area contributed by atoms with Gasteiger partial charge in [0, 0.05) is 22.1 Å². The van der Waals surface area contributed by atoms with Crippen LogP contribution in [-0.4, -0.2) is 22.6 Å². The SMILES string of the molecule is O=C(CC/C(CC(=O)c1ccc(Br)cc1)=N/O)Nc1ccc(Cl)c(Cl)c1. The van der Waals surface area contributed by atoms with E-state index in [9.17, 15) is 9.59 Å². The highest BCUT2D eigenvalue weighted by atomic mass is 79.9. The van der Waals surface area contributed by atoms with Crippen molar-refractivity contribution in [1.29, 1.82) is 0 Å². The maximum absolute atomic E-state index is 12.2. The molecule has 0 aliphatic rings. The minimum atomic E-state index is -0.291. The van der Waals surface area contributed by atoms with Gasteiger partial charge in [-0.2, -0.15) is 0 Å². The highest BCUT2D eigenvalue weighted by Crippen LogP contribution is 2.25. The first-order chi connectivity index (χ1) is 12.4. The van der Waals surface area contributed by atoms with E-state index < -0.39 is 0 Å². The summed E-state index contributed by atoms with van der Waals surface area (Å²) in [6.07, 6.45) is 0.164. The molecule has 0 fully saturated rings. The van der Waals surface area contributed by atoms with E-state index in [0.29, 0.717) is 21.3 Å². The van der Waals surface area contributed by atoms with Gasteiger partial charge in [0.2, 0.25) is 5.91 Å². The summed E-state index contributed by atoms with van der Waals surface area (Å²) in [6, 6.07) is 11.6. The Kier molecular flexibility index (Phi) is 7.63. The Morgan fingerprint density at radius 1 is 1.04 bits per heavy atom. The Bertz CT molecular complexity index is 839. The van der Waals surface area contributed by atoms with Crippen molar-refractivity contribution in [2.75, 3.05) is 5.32 Å². The second kappa shape index (κ2) is 9.71. The third kappa shape index (κ3) is 6.12. The molecule has 8 heteroatoms. The first-order valence-corrected chi connectivity index (χ1v) is 9.17. The summed E-state index contributed by atoms with van der Waals surface area (Å²) >= 11 is 15.0. The van der Waals surface area contributed by atoms with Crippen LogP contribution in [0.4, 0.5) is 5.69 Å². The summed E-state index contributed by atoms with van der Waals surface area (Å²) < 4.78 is 0.865. The molecule has 0 atom stereocenters. The van der Waals surface area contributed by atoms with E-state index in [1.807, 2.05) is 0 Å². The molecule has 0 saturated carbocycles. The van der Waals surface area contributed by atoms with Crippen LogP contribution in [0.5, 0.6) is 0 Å². The van der Waals surface area contributed by atoms with Crippen molar-refractivity contribution in [3.05, 3.63) is 62.5 Å². The van der Waals surface area contributed by atoms with Crippen molar-refractivity contribution < 1.29 is 14.8 Å². The van der Waals surface area contributed by atoms with Crippen molar-refractivity contribution >= 4 is 62.2 Å². The highest BCUT2D eigenvalue weighted by Gasteiger charge is 2.13. The van der Waals surface area contributed by atoms with E-state index >= 15 is 0 Å². The van der Waals surface area contributed by atoms with Gasteiger partial charge in [0.05, 0.1) is 22.2 Å². The fourth-order valence-electron chi connectivity index (χ4n) is 2.15. The van der Waals surface area contributed by atoms with Crippen molar-refractivity contribution in [1.82, 2.24) is 0 Å². The average Bonchev–Trinajstić information content (AvgIpc) is 2.62. The second-order valence-corrected chi connectivity index (χ2v) is 7.18. The van der Waals surface area contributed by atoms with E-state index in [4.69, 9.17) is 28.4 Å². The lowest BCUT2D eigenvalue weighted by Crippen LogP contribution is -2.15. The number of rotatable bonds is 7. The number of anilines is 1. The molecular formula is C18H15BrCl2N2O3. The lowest BCUT2D eigenvalue weighted by molar-refractivity contribution is -0.116. The number of carbonyl (C=O) groups is 2. The molecule has 2 N–H and O–H groups in total. The number of ketones is 1. The Morgan fingerprint density at radius 2 is 1.73 bits per heavy atom. The quantitative estimate of drug-likeness (QED) is 0.246. The molecule has 0 aliphatic carbocycles. The number of amides is 1. The van der Waals surface area contributed by atoms with Gasteiger partial charge in [-0.3, -0.25) is 9.59 Å². The van der Waals surface area contributed by atoms with Crippen LogP contribution in [0.3, 0.4) is 0 Å². The number of hydrogen-bond donors (Lipinski definition) is 2. The highest BCUT2D eigenvalue weighted by molar-refractivity contribution is 9.10. The topological polar surface area (TPSA) is 78.8 Å². The third-order valence-electron chi connectivity index (χ3n) is 3.52. The van der Waals surface area contributed by atoms with Gasteiger partial charge in [0.15, 0.2) is 5.78 Å². The van der Waals surface area contributed by atoms with Gasteiger partial charge in [-0.15, -0.1) is 0 Å². The summed E-state index contributed by atoms with van der Waals surface area (Å²) in [5.41, 5.74) is 1.26. The van der Waals surface area contributed by atoms with Crippen LogP contribution in [-0.2, 0) is 4.79 Å². The minimum absolute atomic E-state index is 0.0574. The fourth-order valence-corrected chi connectivity index (χ4v) is 2.71. The van der Waals surface area contributed by atoms with Crippen molar-refractivity contribution in [3.63, 3.8) is 0 Å². The fraction of sp³-hybridized carbons (Fsp3) is 0.167. The zero-order valence-corrected chi connectivity index (χ0v) is 16.6. The summed E-state index contributed by atoms with van der Waals surface area (Å²) in [7, 11) is 0. The number of benzene rings is 2. The first-order valence-electron chi connectivity index (χ1n) is 7.62. The third-order valence-corrected chi connectivity index (χ3v) is 4.78. The zero-order chi connectivity index (χ0) is 19.1. The van der Waals surface area contributed by atoms with E-state index in [2.05, 4.69) is 26.4 Å². The normalized spacial score (nSPS) is 11.3. The van der Waals surface area contributed by atoms with E-state index in [-0.39, 0.29) is 36.7 Å². The van der Waals surface area contributed by atoms with Crippen LogP contribution in [0, 0.1) is 0 Å². The number of carbonyl (C=O) groups excluding carboxylic acids is 2. The van der Waals surface area contributed by atoms with Crippen LogP contribution in [0.25, 0.3) is 0 Å². The maximum atomic E-state index is 12.2. The molecule has 0 radical (unpaired) electrons. The van der Waals surface area contributed by atoms with Gasteiger partial charge in [-0.25, -0.2) is 0 Å². The standard InChI is InChI=1S/C18H15BrCl2N2O3/c19-12-3-1-11(2-4-12)17(24)10-14(23-26)6-8-18(25)22-13-5-7-15(20)16(21)9-13/h1-5,7,9,26H,6,8,10H2,(H,22,25)/b23-14-. The van der Waals surface area contributed by atoms with Crippen LogP contribution >= 0.6 is 39.1 Å². The number of hydrogen-bond acceptors (Lipinski definition) is 4. The molecule has 0 spiro atoms. The zero-order valence-electron chi connectivity index (χ0n) is 13.5. The number of halogens is 3. The molecule has 0 aliphatic heterocycles. The number of oxime groups is 1. The molecule has 2 aromatic rings. The van der Waals surface area contributed by atoms with Gasteiger partial charge >= 0.3 is 0 Å². The molecule has 2 aromatic carbocycles. The molecule has 0 saturated heterocycles. The van der Waals surface area contributed by atoms with Crippen LogP contribution in [0.15, 0.2) is 52.1 Å². The van der Waals surface area contributed by atoms with E-state index in [1.54, 1.807) is 42.5 Å². The van der Waals surface area contributed by atoms with Gasteiger partial charge in [0.1, 0.15) is 0 Å². The van der Waals surface area contributed by atoms with Crippen molar-refractivity contribution in [3.8, 4) is 0 Å². The monoisotopic (exact) mass is 456 g/mol. The van der Waals surface area contributed by atoms with Crippen LogP contribution < -0.4 is 5.32 Å². The molecule has 136 valence electrons. The van der Waals surface area contributed by atoms with E-state index in [0.717, 1.165) is 4.47 Å². The van der Waals surface area contributed by atoms with Crippen molar-refractivity contribution in [2.24, 2.45) is 5.16 Å². The van der Waals surface area contributed by atoms with Crippen LogP contribution in [0.1, 0.15) is 29.6 Å². The van der Waals surface area contributed by atoms with Crippen LogP contribution in [0.2, 0.25) is 10.0 Å². The lowest BCUT2D eigenvalue weighted by Gasteiger charge is -2.07. The Labute approximate surface area is 169 Å². The average molecular weight is 458 g/mol. The molecule has 26 heavy (non-hydrogen) atoms. The largest absolute Gasteiger partial charge is 0.411 e. The Hall–Kier alpha value is -1.89. The predicted molar refractivity (Wildman–Crippen MR) is 107 cm³/mol. The molecular weight excluding hydrogens is 443 g/mol. The minimum Gasteiger partial charge on any atom is -0.411 e. The Morgan fingerprint density at radius 3 is 2.35 bits per heavy atom. The molecule has 1 amide bonds. The van der Waals surface area contributed by atoms with Gasteiger partial charge in [0.25, 0.3) is 0 Å². The summed E-state index contributed by atoms with van der Waals surface area (Å²) in [4.78, 5) is 24.2. The summed E-state index contributed by atoms with van der Waals surface area (Å²) in [5.74, 6) is -0.476. The van der Waals surface area contributed by atoms with Gasteiger partial charge in [-0.1, -0.05) is 56.4 Å². The maximum Gasteiger partial charge on any atom is 0.224 e. The summed E-state index contributed by atoms with van der Waals surface area (Å²) in [5, 5.41) is 15.6. The molecule has 5 nitrogen and oxygen atoms in total. The number of Topliss-reactive ketones (excluding diaryl/α,β-unsaturated/α-hetero) is 1. The molecule has 0 aromatic heterocycles. The lowest BCUT2D eigenvalue weighted by atomic mass is 10.0. The smallest absolute Gasteiger partial charge is 0.224 e. The predicted octanol–water partition coefficient (Wildman–Crippen LogP) is 5.58. The second-order valence-electron chi connectivity index (χ2n) is 5.45. The summed E-state index contributed by atoms with van der Waals surface area (Å²) in [6.45, 7) is 0. The van der Waals surface area contributed by atoms with Gasteiger partial charge in [-0.05, 0) is 36.8 Å². The molecule has 0 unspecified atom stereocenters. The molecule has 0 heterocycles. The first kappa shape index (κ1) is 20.4. The molecule has 2 rings (SSSR count). The number of nitrogens with one attached hydrogen (secondary N) is 1. The molecule has 0 bridgehead atoms. The van der Waals surface area contributed by atoms with E-state index in [1.165, 1.54) is 0 Å². The number of nitrogens with zero attached hydrogens (tertiary/aromatic N) is 1. The van der Waals surface area contributed by atoms with Gasteiger partial charge < -0.3 is 10.5 Å². The van der Waals surface area contributed by atoms with Crippen molar-refractivity contribution in [2.45, 2.75) is 19.3 Å².